The summed E-state index contributed by atoms with van der Waals surface area (Å²) < 4.78 is 13.0. The van der Waals surface area contributed by atoms with Crippen molar-refractivity contribution in [1.29, 1.82) is 0 Å². The number of amides is 1. The number of nitrogens with zero attached hydrogens (tertiary/aromatic N) is 3. The molecule has 10 nitrogen and oxygen atoms in total. The Kier molecular flexibility index (Phi) is 8.59. The molecule has 2 fully saturated rings. The zero-order chi connectivity index (χ0) is 26.8. The number of aliphatic hydroxyl groups is 3. The highest BCUT2D eigenvalue weighted by atomic mass is 79.9. The van der Waals surface area contributed by atoms with Gasteiger partial charge in [-0.15, -0.1) is 0 Å². The highest BCUT2D eigenvalue weighted by molar-refractivity contribution is 9.10. The Morgan fingerprint density at radius 1 is 1.11 bits per heavy atom. The molecule has 1 amide bonds. The Morgan fingerprint density at radius 3 is 2.32 bits per heavy atom. The van der Waals surface area contributed by atoms with Crippen LogP contribution in [0.15, 0.2) is 45.6 Å². The fraction of sp³-hybridized carbons (Fsp3) is 0.560. The van der Waals surface area contributed by atoms with Crippen LogP contribution in [0.5, 0.6) is 0 Å². The fourth-order valence-corrected chi connectivity index (χ4v) is 5.34. The number of likely N-dealkylation sites (tertiary alicyclic amines) is 1. The molecule has 4 atom stereocenters. The maximum absolute atomic E-state index is 13.0. The van der Waals surface area contributed by atoms with Crippen LogP contribution < -0.4 is 5.32 Å². The molecule has 2 aromatic rings. The predicted molar refractivity (Wildman–Crippen MR) is 142 cm³/mol. The summed E-state index contributed by atoms with van der Waals surface area (Å²) >= 11 is 6.64. The average molecular weight is 644 g/mol. The van der Waals surface area contributed by atoms with Crippen molar-refractivity contribution in [2.45, 2.75) is 55.7 Å². The molecule has 4 N–H and O–H groups in total. The van der Waals surface area contributed by atoms with E-state index >= 15 is 0 Å². The van der Waals surface area contributed by atoms with Crippen molar-refractivity contribution in [3.05, 3.63) is 57.0 Å². The molecule has 2 saturated heterocycles. The lowest BCUT2D eigenvalue weighted by molar-refractivity contribution is -0.159. The molecule has 4 unspecified atom stereocenters. The smallest absolute Gasteiger partial charge is 0.410 e. The van der Waals surface area contributed by atoms with Crippen molar-refractivity contribution in [3.8, 4) is 0 Å². The first-order valence-corrected chi connectivity index (χ1v) is 13.7. The summed E-state index contributed by atoms with van der Waals surface area (Å²) in [6, 6.07) is 10.5. The third-order valence-electron chi connectivity index (χ3n) is 6.82. The summed E-state index contributed by atoms with van der Waals surface area (Å²) in [5, 5.41) is 36.5. The molecule has 2 aliphatic heterocycles. The molecule has 2 aliphatic rings. The Hall–Kier alpha value is -1.67. The Balaban J connectivity index is 1.36. The second kappa shape index (κ2) is 11.2. The van der Waals surface area contributed by atoms with E-state index in [-0.39, 0.29) is 26.1 Å². The first-order chi connectivity index (χ1) is 17.4. The number of aromatic nitrogens is 2. The average Bonchev–Trinajstić information content (AvgIpc) is 2.85. The van der Waals surface area contributed by atoms with Crippen LogP contribution in [0.4, 0.5) is 4.79 Å². The van der Waals surface area contributed by atoms with Crippen LogP contribution in [0.3, 0.4) is 0 Å². The van der Waals surface area contributed by atoms with Crippen LogP contribution in [0.1, 0.15) is 38.1 Å². The van der Waals surface area contributed by atoms with Crippen LogP contribution in [0.2, 0.25) is 0 Å². The van der Waals surface area contributed by atoms with Gasteiger partial charge in [-0.05, 0) is 82.9 Å². The molecule has 12 heteroatoms. The van der Waals surface area contributed by atoms with Crippen molar-refractivity contribution in [2.75, 3.05) is 32.8 Å². The molecule has 202 valence electrons. The zero-order valence-electron chi connectivity index (χ0n) is 20.7. The Bertz CT molecular complexity index is 1120. The van der Waals surface area contributed by atoms with Gasteiger partial charge in [0.25, 0.3) is 0 Å². The number of aliphatic hydroxyl groups excluding tert-OH is 1. The van der Waals surface area contributed by atoms with Crippen LogP contribution >= 0.6 is 31.9 Å². The lowest BCUT2D eigenvalue weighted by Gasteiger charge is -2.42. The monoisotopic (exact) mass is 642 g/mol. The highest BCUT2D eigenvalue weighted by Crippen LogP contribution is 2.35. The number of β-amino-alcohol motifs (C(OH)–C–C–N with tert-alkyl or cyclic N) is 1. The summed E-state index contributed by atoms with van der Waals surface area (Å²) in [7, 11) is 0. The van der Waals surface area contributed by atoms with E-state index in [4.69, 9.17) is 9.47 Å². The molecule has 0 bridgehead atoms. The third-order valence-corrected chi connectivity index (χ3v) is 7.71. The van der Waals surface area contributed by atoms with E-state index in [1.807, 2.05) is 6.07 Å². The molecule has 0 spiro atoms. The van der Waals surface area contributed by atoms with Gasteiger partial charge < -0.3 is 35.0 Å². The number of nitrogens with one attached hydrogen (secondary N) is 1. The van der Waals surface area contributed by atoms with Gasteiger partial charge in [-0.25, -0.2) is 14.8 Å². The molecule has 4 heterocycles. The van der Waals surface area contributed by atoms with E-state index in [1.54, 1.807) is 44.2 Å². The van der Waals surface area contributed by atoms with Crippen molar-refractivity contribution >= 4 is 38.0 Å². The van der Waals surface area contributed by atoms with Gasteiger partial charge in [0, 0.05) is 19.5 Å². The largest absolute Gasteiger partial charge is 0.441 e. The second-order valence-corrected chi connectivity index (χ2v) is 11.8. The maximum Gasteiger partial charge on any atom is 0.410 e. The number of piperidine rings is 2. The SMILES string of the molecule is CC(C)(COC1CNCCC1(O)c1cccc(Br)n1)OC(=O)N1CCC(O)(c2cccc(Br)n2)C(O)C1. The predicted octanol–water partition coefficient (Wildman–Crippen LogP) is 2.44. The number of carbonyl (C=O) groups excluding carboxylic acids is 1. The van der Waals surface area contributed by atoms with E-state index in [9.17, 15) is 20.1 Å². The minimum atomic E-state index is -1.57. The standard InChI is InChI=1S/C25H32Br2N4O6/c1-23(2,15-36-19-13-28-11-9-25(19,35)17-6-4-8-21(27)30-17)37-22(33)31-12-10-24(34,18(32)14-31)16-5-3-7-20(26)29-16/h3-8,18-19,28,32,34-35H,9-15H2,1-2H3. The van der Waals surface area contributed by atoms with Crippen LogP contribution in [0, 0.1) is 0 Å². The van der Waals surface area contributed by atoms with Gasteiger partial charge in [0.1, 0.15) is 38.2 Å². The Labute approximate surface area is 232 Å². The fourth-order valence-electron chi connectivity index (χ4n) is 4.65. The van der Waals surface area contributed by atoms with E-state index in [0.717, 1.165) is 0 Å². The van der Waals surface area contributed by atoms with Crippen LogP contribution in [-0.4, -0.2) is 86.9 Å². The summed E-state index contributed by atoms with van der Waals surface area (Å²) in [5.41, 5.74) is -3.04. The number of hydrogen-bond donors (Lipinski definition) is 4. The molecule has 0 aromatic carbocycles. The summed E-state index contributed by atoms with van der Waals surface area (Å²) in [6.45, 7) is 4.57. The molecular formula is C25H32Br2N4O6. The lowest BCUT2D eigenvalue weighted by atomic mass is 9.85. The van der Waals surface area contributed by atoms with Gasteiger partial charge >= 0.3 is 6.09 Å². The molecule has 0 radical (unpaired) electrons. The summed E-state index contributed by atoms with van der Waals surface area (Å²) in [6.07, 6.45) is -1.95. The number of rotatable bonds is 6. The molecular weight excluding hydrogens is 612 g/mol. The molecule has 4 rings (SSSR count). The van der Waals surface area contributed by atoms with Crippen molar-refractivity contribution in [2.24, 2.45) is 0 Å². The van der Waals surface area contributed by atoms with Gasteiger partial charge in [0.2, 0.25) is 0 Å². The number of ether oxygens (including phenoxy) is 2. The number of pyridine rings is 2. The van der Waals surface area contributed by atoms with Gasteiger partial charge in [-0.2, -0.15) is 0 Å². The van der Waals surface area contributed by atoms with E-state index in [1.165, 1.54) is 4.90 Å². The topological polar surface area (TPSA) is 137 Å². The number of carbonyl (C=O) groups is 1. The van der Waals surface area contributed by atoms with Crippen molar-refractivity contribution < 1.29 is 29.6 Å². The number of halogens is 2. The van der Waals surface area contributed by atoms with Gasteiger partial charge in [-0.1, -0.05) is 12.1 Å². The van der Waals surface area contributed by atoms with Crippen molar-refractivity contribution in [3.63, 3.8) is 0 Å². The maximum atomic E-state index is 13.0. The van der Waals surface area contributed by atoms with Gasteiger partial charge in [0.05, 0.1) is 24.5 Å². The van der Waals surface area contributed by atoms with Crippen molar-refractivity contribution in [1.82, 2.24) is 20.2 Å². The molecule has 2 aromatic heterocycles. The summed E-state index contributed by atoms with van der Waals surface area (Å²) in [5.74, 6) is 0. The first kappa shape index (κ1) is 28.3. The lowest BCUT2D eigenvalue weighted by Crippen LogP contribution is -2.57. The van der Waals surface area contributed by atoms with E-state index in [2.05, 4.69) is 47.1 Å². The Morgan fingerprint density at radius 2 is 1.73 bits per heavy atom. The molecule has 37 heavy (non-hydrogen) atoms. The van der Waals surface area contributed by atoms with Crippen LogP contribution in [0.25, 0.3) is 0 Å². The molecule has 0 saturated carbocycles. The van der Waals surface area contributed by atoms with Crippen LogP contribution in [-0.2, 0) is 20.7 Å². The minimum Gasteiger partial charge on any atom is -0.441 e. The minimum absolute atomic E-state index is 0.0314. The summed E-state index contributed by atoms with van der Waals surface area (Å²) in [4.78, 5) is 23.0. The first-order valence-electron chi connectivity index (χ1n) is 12.1. The highest BCUT2D eigenvalue weighted by Gasteiger charge is 2.46. The molecule has 0 aliphatic carbocycles. The van der Waals surface area contributed by atoms with E-state index < -0.39 is 35.1 Å². The van der Waals surface area contributed by atoms with Gasteiger partial charge in [0.15, 0.2) is 0 Å². The normalized spacial score (nSPS) is 28.7. The zero-order valence-corrected chi connectivity index (χ0v) is 23.9. The van der Waals surface area contributed by atoms with E-state index in [0.29, 0.717) is 40.1 Å². The third kappa shape index (κ3) is 6.32. The quantitative estimate of drug-likeness (QED) is 0.350. The second-order valence-electron chi connectivity index (χ2n) is 10.1. The number of hydrogen-bond acceptors (Lipinski definition) is 9. The van der Waals surface area contributed by atoms with Gasteiger partial charge in [-0.3, -0.25) is 0 Å².